The Morgan fingerprint density at radius 3 is 2.67 bits per heavy atom. The molecule has 1 aromatic rings. The van der Waals surface area contributed by atoms with Gasteiger partial charge in [0.25, 0.3) is 0 Å². The second-order valence-electron chi connectivity index (χ2n) is 5.51. The predicted molar refractivity (Wildman–Crippen MR) is 77.0 cm³/mol. The van der Waals surface area contributed by atoms with Crippen molar-refractivity contribution in [2.75, 3.05) is 11.4 Å². The Labute approximate surface area is 111 Å². The Bertz CT molecular complexity index is 397. The normalized spacial score (nSPS) is 15.2. The first-order chi connectivity index (χ1) is 8.60. The topological polar surface area (TPSA) is 28.2 Å². The number of nitrogens with zero attached hydrogens (tertiary/aromatic N) is 2. The van der Waals surface area contributed by atoms with Gasteiger partial charge in [-0.05, 0) is 58.2 Å². The number of hydrogen-bond acceptors (Lipinski definition) is 3. The molecule has 1 heterocycles. The van der Waals surface area contributed by atoms with E-state index in [2.05, 4.69) is 55.0 Å². The molecule has 18 heavy (non-hydrogen) atoms. The third-order valence-corrected chi connectivity index (χ3v) is 3.43. The first-order valence-corrected chi connectivity index (χ1v) is 7.07. The van der Waals surface area contributed by atoms with E-state index in [-0.39, 0.29) is 0 Å². The molecule has 0 spiro atoms. The molecular weight excluding hydrogens is 222 g/mol. The van der Waals surface area contributed by atoms with Crippen LogP contribution in [0.1, 0.15) is 44.9 Å². The Hall–Kier alpha value is -1.09. The van der Waals surface area contributed by atoms with Gasteiger partial charge in [0, 0.05) is 30.9 Å². The maximum atomic E-state index is 4.67. The minimum atomic E-state index is 0.494. The molecule has 0 aromatic carbocycles. The average Bonchev–Trinajstić information content (AvgIpc) is 3.10. The second-order valence-corrected chi connectivity index (χ2v) is 5.51. The van der Waals surface area contributed by atoms with Crippen LogP contribution in [0.4, 0.5) is 5.82 Å². The smallest absolute Gasteiger partial charge is 0.129 e. The number of aryl methyl sites for hydroxylation is 1. The zero-order valence-corrected chi connectivity index (χ0v) is 12.0. The summed E-state index contributed by atoms with van der Waals surface area (Å²) in [5.74, 6) is 1.11. The molecule has 3 nitrogen and oxygen atoms in total. The first kappa shape index (κ1) is 13.3. The van der Waals surface area contributed by atoms with Crippen LogP contribution in [0, 0.1) is 6.92 Å². The van der Waals surface area contributed by atoms with Crippen molar-refractivity contribution in [3.8, 4) is 0 Å². The fourth-order valence-corrected chi connectivity index (χ4v) is 2.31. The Morgan fingerprint density at radius 2 is 2.11 bits per heavy atom. The van der Waals surface area contributed by atoms with Gasteiger partial charge < -0.3 is 10.2 Å². The lowest BCUT2D eigenvalue weighted by atomic mass is 10.2. The predicted octanol–water partition coefficient (Wildman–Crippen LogP) is 2.88. The van der Waals surface area contributed by atoms with E-state index in [9.17, 15) is 0 Å². The molecule has 1 aliphatic carbocycles. The highest BCUT2D eigenvalue weighted by molar-refractivity contribution is 5.43. The largest absolute Gasteiger partial charge is 0.354 e. The van der Waals surface area contributed by atoms with Gasteiger partial charge in [0.15, 0.2) is 0 Å². The van der Waals surface area contributed by atoms with Crippen LogP contribution < -0.4 is 10.2 Å². The van der Waals surface area contributed by atoms with Gasteiger partial charge in [0.2, 0.25) is 0 Å². The Balaban J connectivity index is 2.13. The van der Waals surface area contributed by atoms with E-state index < -0.39 is 0 Å². The van der Waals surface area contributed by atoms with Gasteiger partial charge in [-0.2, -0.15) is 0 Å². The standard InChI is InChI=1S/C15H25N3/c1-5-18(11(2)3)15-9-13(8-12(4)17-15)10-16-14-6-7-14/h8-9,11,14,16H,5-7,10H2,1-4H3. The van der Waals surface area contributed by atoms with Crippen molar-refractivity contribution in [3.05, 3.63) is 23.4 Å². The lowest BCUT2D eigenvalue weighted by Crippen LogP contribution is -2.31. The maximum Gasteiger partial charge on any atom is 0.129 e. The fraction of sp³-hybridized carbons (Fsp3) is 0.667. The summed E-state index contributed by atoms with van der Waals surface area (Å²) in [4.78, 5) is 7.01. The molecule has 1 saturated carbocycles. The van der Waals surface area contributed by atoms with Gasteiger partial charge in [0.1, 0.15) is 5.82 Å². The SMILES string of the molecule is CCN(c1cc(CNC2CC2)cc(C)n1)C(C)C. The van der Waals surface area contributed by atoms with Crippen LogP contribution in [0.2, 0.25) is 0 Å². The quantitative estimate of drug-likeness (QED) is 0.838. The number of hydrogen-bond donors (Lipinski definition) is 1. The number of aromatic nitrogens is 1. The van der Waals surface area contributed by atoms with Crippen LogP contribution in [0.15, 0.2) is 12.1 Å². The molecule has 1 N–H and O–H groups in total. The number of rotatable bonds is 6. The molecule has 2 rings (SSSR count). The first-order valence-electron chi connectivity index (χ1n) is 7.07. The minimum absolute atomic E-state index is 0.494. The fourth-order valence-electron chi connectivity index (χ4n) is 2.31. The monoisotopic (exact) mass is 247 g/mol. The average molecular weight is 247 g/mol. The van der Waals surface area contributed by atoms with E-state index in [0.29, 0.717) is 6.04 Å². The molecule has 1 aromatic heterocycles. The summed E-state index contributed by atoms with van der Waals surface area (Å²) in [5.41, 5.74) is 2.46. The molecule has 0 radical (unpaired) electrons. The highest BCUT2D eigenvalue weighted by Crippen LogP contribution is 2.21. The van der Waals surface area contributed by atoms with Crippen molar-refractivity contribution in [1.29, 1.82) is 0 Å². The maximum absolute atomic E-state index is 4.67. The summed E-state index contributed by atoms with van der Waals surface area (Å²) in [7, 11) is 0. The van der Waals surface area contributed by atoms with Crippen molar-refractivity contribution >= 4 is 5.82 Å². The number of pyridine rings is 1. The molecule has 1 fully saturated rings. The summed E-state index contributed by atoms with van der Waals surface area (Å²) >= 11 is 0. The van der Waals surface area contributed by atoms with Gasteiger partial charge in [-0.25, -0.2) is 4.98 Å². The van der Waals surface area contributed by atoms with E-state index in [4.69, 9.17) is 0 Å². The summed E-state index contributed by atoms with van der Waals surface area (Å²) in [6, 6.07) is 5.67. The van der Waals surface area contributed by atoms with E-state index in [1.54, 1.807) is 0 Å². The van der Waals surface area contributed by atoms with Crippen LogP contribution >= 0.6 is 0 Å². The van der Waals surface area contributed by atoms with Crippen molar-refractivity contribution in [1.82, 2.24) is 10.3 Å². The molecule has 0 aliphatic heterocycles. The van der Waals surface area contributed by atoms with Crippen molar-refractivity contribution in [3.63, 3.8) is 0 Å². The lowest BCUT2D eigenvalue weighted by molar-refractivity contribution is 0.676. The van der Waals surface area contributed by atoms with Gasteiger partial charge in [-0.3, -0.25) is 0 Å². The minimum Gasteiger partial charge on any atom is -0.354 e. The van der Waals surface area contributed by atoms with E-state index in [0.717, 1.165) is 30.6 Å². The molecule has 0 unspecified atom stereocenters. The molecule has 0 bridgehead atoms. The highest BCUT2D eigenvalue weighted by atomic mass is 15.2. The number of anilines is 1. The molecule has 100 valence electrons. The summed E-state index contributed by atoms with van der Waals surface area (Å²) in [5, 5.41) is 3.57. The Morgan fingerprint density at radius 1 is 1.39 bits per heavy atom. The third kappa shape index (κ3) is 3.45. The summed E-state index contributed by atoms with van der Waals surface area (Å²) in [6.07, 6.45) is 2.67. The van der Waals surface area contributed by atoms with Gasteiger partial charge >= 0.3 is 0 Å². The van der Waals surface area contributed by atoms with Crippen molar-refractivity contribution in [2.45, 2.75) is 59.2 Å². The Kier molecular flexibility index (Phi) is 4.23. The van der Waals surface area contributed by atoms with Crippen LogP contribution in [-0.4, -0.2) is 23.6 Å². The second kappa shape index (κ2) is 5.70. The van der Waals surface area contributed by atoms with Crippen molar-refractivity contribution < 1.29 is 0 Å². The molecule has 0 saturated heterocycles. The summed E-state index contributed by atoms with van der Waals surface area (Å²) in [6.45, 7) is 10.7. The molecule has 3 heteroatoms. The van der Waals surface area contributed by atoms with Gasteiger partial charge in [-0.1, -0.05) is 0 Å². The van der Waals surface area contributed by atoms with Crippen LogP contribution in [0.5, 0.6) is 0 Å². The van der Waals surface area contributed by atoms with Crippen molar-refractivity contribution in [2.24, 2.45) is 0 Å². The third-order valence-electron chi connectivity index (χ3n) is 3.43. The zero-order chi connectivity index (χ0) is 13.1. The van der Waals surface area contributed by atoms with Gasteiger partial charge in [0.05, 0.1) is 0 Å². The lowest BCUT2D eigenvalue weighted by Gasteiger charge is -2.27. The molecule has 0 atom stereocenters. The van der Waals surface area contributed by atoms with E-state index in [1.807, 2.05) is 0 Å². The van der Waals surface area contributed by atoms with Crippen LogP contribution in [0.3, 0.4) is 0 Å². The van der Waals surface area contributed by atoms with Crippen LogP contribution in [-0.2, 0) is 6.54 Å². The van der Waals surface area contributed by atoms with Gasteiger partial charge in [-0.15, -0.1) is 0 Å². The highest BCUT2D eigenvalue weighted by Gasteiger charge is 2.20. The molecule has 0 amide bonds. The zero-order valence-electron chi connectivity index (χ0n) is 12.0. The molecule has 1 aliphatic rings. The van der Waals surface area contributed by atoms with Crippen LogP contribution in [0.25, 0.3) is 0 Å². The van der Waals surface area contributed by atoms with E-state index >= 15 is 0 Å². The number of nitrogens with one attached hydrogen (secondary N) is 1. The van der Waals surface area contributed by atoms with E-state index in [1.165, 1.54) is 18.4 Å². The summed E-state index contributed by atoms with van der Waals surface area (Å²) < 4.78 is 0. The molecular formula is C15H25N3.